The van der Waals surface area contributed by atoms with Crippen LogP contribution in [0, 0.1) is 12.1 Å². The fraction of sp³-hybridized carbons (Fsp3) is 0. The largest absolute Gasteiger partial charge is 0.218 e. The average molecular weight is 541 g/mol. The van der Waals surface area contributed by atoms with Crippen molar-refractivity contribution in [3.05, 3.63) is 133 Å². The van der Waals surface area contributed by atoms with E-state index in [2.05, 4.69) is 121 Å². The maximum atomic E-state index is 3.56. The first-order valence-electron chi connectivity index (χ1n) is 12.3. The molecule has 8 aromatic carbocycles. The first-order valence-corrected chi connectivity index (χ1v) is 12.3. The molecule has 1 heteroatoms. The smallest absolute Gasteiger partial charge is 0 e. The molecule has 37 heavy (non-hydrogen) atoms. The molecule has 0 atom stereocenters. The van der Waals surface area contributed by atoms with Gasteiger partial charge in [-0.2, -0.15) is 24.3 Å². The van der Waals surface area contributed by atoms with Crippen LogP contribution in [0.3, 0.4) is 0 Å². The third kappa shape index (κ3) is 3.67. The van der Waals surface area contributed by atoms with E-state index in [0.717, 1.165) is 11.1 Å². The van der Waals surface area contributed by atoms with Gasteiger partial charge in [0.25, 0.3) is 0 Å². The predicted molar refractivity (Wildman–Crippen MR) is 155 cm³/mol. The molecule has 0 aromatic heterocycles. The number of benzene rings is 8. The van der Waals surface area contributed by atoms with Crippen molar-refractivity contribution in [1.82, 2.24) is 0 Å². The Morgan fingerprint density at radius 1 is 0.324 bits per heavy atom. The molecule has 0 N–H and O–H groups in total. The van der Waals surface area contributed by atoms with Crippen LogP contribution >= 0.6 is 0 Å². The Labute approximate surface area is 240 Å². The quantitative estimate of drug-likeness (QED) is 0.143. The van der Waals surface area contributed by atoms with Crippen LogP contribution in [0.1, 0.15) is 0 Å². The van der Waals surface area contributed by atoms with E-state index in [1.165, 1.54) is 64.6 Å². The van der Waals surface area contributed by atoms with Crippen LogP contribution in [-0.2, 0) is 32.7 Å². The molecule has 0 nitrogen and oxygen atoms in total. The van der Waals surface area contributed by atoms with Crippen molar-refractivity contribution in [2.75, 3.05) is 0 Å². The van der Waals surface area contributed by atoms with Crippen molar-refractivity contribution < 1.29 is 32.7 Å². The summed E-state index contributed by atoms with van der Waals surface area (Å²) >= 11 is 0. The Kier molecular flexibility index (Phi) is 5.36. The van der Waals surface area contributed by atoms with Gasteiger partial charge in [-0.1, -0.05) is 72.8 Å². The minimum atomic E-state index is 0. The number of hydrogen-bond donors (Lipinski definition) is 0. The molecule has 1 radical (unpaired) electrons. The molecule has 0 aliphatic rings. The zero-order valence-electron chi connectivity index (χ0n) is 20.1. The van der Waals surface area contributed by atoms with Crippen molar-refractivity contribution in [3.63, 3.8) is 0 Å². The summed E-state index contributed by atoms with van der Waals surface area (Å²) in [6, 6.07) is 51.1. The SMILES string of the molecule is [Y].[c-]1ccc2cc3ccccc3cc2c1-c1[c-]ccc2cc3cc4cc5ccccc5cc4cc3cc12. The fourth-order valence-electron chi connectivity index (χ4n) is 5.73. The first-order chi connectivity index (χ1) is 17.8. The van der Waals surface area contributed by atoms with Gasteiger partial charge >= 0.3 is 0 Å². The van der Waals surface area contributed by atoms with Crippen LogP contribution in [0.4, 0.5) is 0 Å². The minimum absolute atomic E-state index is 0. The van der Waals surface area contributed by atoms with Crippen molar-refractivity contribution in [3.8, 4) is 11.1 Å². The molecule has 0 saturated carbocycles. The van der Waals surface area contributed by atoms with Crippen molar-refractivity contribution in [2.45, 2.75) is 0 Å². The Balaban J connectivity index is 0.00000231. The topological polar surface area (TPSA) is 0 Å². The zero-order valence-corrected chi connectivity index (χ0v) is 23.0. The molecule has 0 bridgehead atoms. The van der Waals surface area contributed by atoms with E-state index in [-0.39, 0.29) is 32.7 Å². The van der Waals surface area contributed by atoms with E-state index in [9.17, 15) is 0 Å². The summed E-state index contributed by atoms with van der Waals surface area (Å²) in [5.41, 5.74) is 2.21. The Morgan fingerprint density at radius 2 is 0.649 bits per heavy atom. The maximum absolute atomic E-state index is 3.56. The maximum Gasteiger partial charge on any atom is 0 e. The van der Waals surface area contributed by atoms with E-state index in [1.807, 2.05) is 12.1 Å². The molecule has 0 unspecified atom stereocenters. The van der Waals surface area contributed by atoms with Crippen molar-refractivity contribution in [1.29, 1.82) is 0 Å². The number of fused-ring (bicyclic) bond motifs is 6. The molecule has 0 aliphatic heterocycles. The summed E-state index contributed by atoms with van der Waals surface area (Å²) in [5.74, 6) is 0. The van der Waals surface area contributed by atoms with E-state index < -0.39 is 0 Å². The van der Waals surface area contributed by atoms with Crippen LogP contribution in [0.15, 0.2) is 121 Å². The predicted octanol–water partition coefficient (Wildman–Crippen LogP) is 9.87. The Morgan fingerprint density at radius 3 is 1.14 bits per heavy atom. The van der Waals surface area contributed by atoms with E-state index in [1.54, 1.807) is 0 Å². The second-order valence-electron chi connectivity index (χ2n) is 9.68. The third-order valence-electron chi connectivity index (χ3n) is 7.52. The van der Waals surface area contributed by atoms with Gasteiger partial charge in [0.1, 0.15) is 0 Å². The van der Waals surface area contributed by atoms with Gasteiger partial charge in [-0.05, 0) is 67.4 Å². The molecule has 0 heterocycles. The molecule has 169 valence electrons. The molecular formula is C36H20Y-2. The van der Waals surface area contributed by atoms with Crippen LogP contribution in [0.25, 0.3) is 75.8 Å². The zero-order chi connectivity index (χ0) is 23.6. The summed E-state index contributed by atoms with van der Waals surface area (Å²) in [5, 5.41) is 15.0. The Bertz CT molecular complexity index is 2150. The molecule has 0 spiro atoms. The number of rotatable bonds is 1. The fourth-order valence-corrected chi connectivity index (χ4v) is 5.73. The Hall–Kier alpha value is -3.58. The summed E-state index contributed by atoms with van der Waals surface area (Å²) < 4.78 is 0. The van der Waals surface area contributed by atoms with E-state index >= 15 is 0 Å². The normalized spacial score (nSPS) is 11.6. The standard InChI is InChI=1S/C36H20.Y/c1-2-9-25-17-30-20-32-22-36-28(18-31(32)19-29(30)16-24(25)8-1)12-6-14-34(36)33-13-5-11-27-15-23-7-3-4-10-26(23)21-35(27)33;/h1-12,15-22H;/q-2;. The summed E-state index contributed by atoms with van der Waals surface area (Å²) in [6.07, 6.45) is 0. The van der Waals surface area contributed by atoms with Gasteiger partial charge in [-0.3, -0.25) is 0 Å². The number of hydrogen-bond acceptors (Lipinski definition) is 0. The second kappa shape index (κ2) is 8.77. The molecule has 0 aliphatic carbocycles. The second-order valence-corrected chi connectivity index (χ2v) is 9.68. The van der Waals surface area contributed by atoms with Crippen molar-refractivity contribution >= 4 is 64.6 Å². The van der Waals surface area contributed by atoms with Crippen LogP contribution in [-0.4, -0.2) is 0 Å². The van der Waals surface area contributed by atoms with Crippen molar-refractivity contribution in [2.24, 2.45) is 0 Å². The third-order valence-corrected chi connectivity index (χ3v) is 7.52. The van der Waals surface area contributed by atoms with Crippen LogP contribution < -0.4 is 0 Å². The molecule has 8 aromatic rings. The monoisotopic (exact) mass is 541 g/mol. The molecule has 0 saturated heterocycles. The van der Waals surface area contributed by atoms with Gasteiger partial charge in [0, 0.05) is 32.7 Å². The summed E-state index contributed by atoms with van der Waals surface area (Å²) in [6.45, 7) is 0. The van der Waals surface area contributed by atoms with E-state index in [4.69, 9.17) is 0 Å². The van der Waals surface area contributed by atoms with Gasteiger partial charge in [-0.15, -0.1) is 33.7 Å². The molecule has 0 fully saturated rings. The van der Waals surface area contributed by atoms with Gasteiger partial charge in [0.2, 0.25) is 0 Å². The van der Waals surface area contributed by atoms with Crippen LogP contribution in [0.2, 0.25) is 0 Å². The summed E-state index contributed by atoms with van der Waals surface area (Å²) in [4.78, 5) is 0. The minimum Gasteiger partial charge on any atom is -0.218 e. The summed E-state index contributed by atoms with van der Waals surface area (Å²) in [7, 11) is 0. The molecular weight excluding hydrogens is 521 g/mol. The van der Waals surface area contributed by atoms with Gasteiger partial charge in [0.05, 0.1) is 0 Å². The first kappa shape index (κ1) is 22.6. The van der Waals surface area contributed by atoms with Crippen LogP contribution in [0.5, 0.6) is 0 Å². The van der Waals surface area contributed by atoms with Gasteiger partial charge < -0.3 is 0 Å². The van der Waals surface area contributed by atoms with E-state index in [0.29, 0.717) is 0 Å². The average Bonchev–Trinajstić information content (AvgIpc) is 2.92. The molecule has 0 amide bonds. The van der Waals surface area contributed by atoms with Gasteiger partial charge in [0.15, 0.2) is 0 Å². The molecule has 8 rings (SSSR count). The van der Waals surface area contributed by atoms with Gasteiger partial charge in [-0.25, -0.2) is 11.1 Å².